The minimum absolute atomic E-state index is 0.118. The van der Waals surface area contributed by atoms with Crippen molar-refractivity contribution in [3.8, 4) is 0 Å². The van der Waals surface area contributed by atoms with E-state index >= 15 is 0 Å². The van der Waals surface area contributed by atoms with Gasteiger partial charge in [-0.3, -0.25) is 0 Å². The molecule has 0 saturated heterocycles. The number of halogens is 5. The van der Waals surface area contributed by atoms with Crippen LogP contribution in [-0.2, 0) is 19.3 Å². The SMILES string of the molecule is NCc1nnn(CC(F)F)c1C(F)(F)F. The Balaban J connectivity index is 3.12. The van der Waals surface area contributed by atoms with Crippen molar-refractivity contribution in [2.45, 2.75) is 25.7 Å². The molecule has 1 heterocycles. The summed E-state index contributed by atoms with van der Waals surface area (Å²) in [7, 11) is 0. The van der Waals surface area contributed by atoms with E-state index in [9.17, 15) is 22.0 Å². The molecule has 0 bridgehead atoms. The topological polar surface area (TPSA) is 56.7 Å². The maximum atomic E-state index is 12.4. The Morgan fingerprint density at radius 1 is 1.33 bits per heavy atom. The Hall–Kier alpha value is -1.25. The van der Waals surface area contributed by atoms with Crippen LogP contribution in [0.4, 0.5) is 22.0 Å². The molecule has 0 spiro atoms. The maximum Gasteiger partial charge on any atom is 0.434 e. The third-order valence-corrected chi connectivity index (χ3v) is 1.58. The number of alkyl halides is 5. The molecule has 0 saturated carbocycles. The van der Waals surface area contributed by atoms with Crippen molar-refractivity contribution in [1.82, 2.24) is 15.0 Å². The molecule has 0 fully saturated rings. The first-order valence-electron chi connectivity index (χ1n) is 3.84. The van der Waals surface area contributed by atoms with Crippen LogP contribution >= 0.6 is 0 Å². The van der Waals surface area contributed by atoms with Crippen LogP contribution in [0.3, 0.4) is 0 Å². The Labute approximate surface area is 80.9 Å². The van der Waals surface area contributed by atoms with E-state index in [-0.39, 0.29) is 4.68 Å². The molecule has 0 atom stereocenters. The molecule has 2 N–H and O–H groups in total. The van der Waals surface area contributed by atoms with Gasteiger partial charge >= 0.3 is 6.18 Å². The van der Waals surface area contributed by atoms with Gasteiger partial charge < -0.3 is 5.73 Å². The molecule has 0 aromatic carbocycles. The second-order valence-electron chi connectivity index (χ2n) is 2.66. The minimum Gasteiger partial charge on any atom is -0.325 e. The third kappa shape index (κ3) is 2.61. The molecule has 1 aromatic heterocycles. The average molecular weight is 230 g/mol. The van der Waals surface area contributed by atoms with Gasteiger partial charge in [-0.2, -0.15) is 13.2 Å². The summed E-state index contributed by atoms with van der Waals surface area (Å²) < 4.78 is 61.1. The first-order chi connectivity index (χ1) is 6.86. The Morgan fingerprint density at radius 2 is 1.93 bits per heavy atom. The molecule has 0 aliphatic heterocycles. The molecule has 1 aromatic rings. The molecular weight excluding hydrogens is 223 g/mol. The van der Waals surface area contributed by atoms with Gasteiger partial charge in [-0.1, -0.05) is 5.21 Å². The smallest absolute Gasteiger partial charge is 0.325 e. The maximum absolute atomic E-state index is 12.4. The number of hydrogen-bond acceptors (Lipinski definition) is 3. The predicted molar refractivity (Wildman–Crippen MR) is 38.9 cm³/mol. The molecule has 0 radical (unpaired) electrons. The van der Waals surface area contributed by atoms with Crippen LogP contribution in [0.25, 0.3) is 0 Å². The summed E-state index contributed by atoms with van der Waals surface area (Å²) >= 11 is 0. The lowest BCUT2D eigenvalue weighted by molar-refractivity contribution is -0.145. The quantitative estimate of drug-likeness (QED) is 0.788. The lowest BCUT2D eigenvalue weighted by Crippen LogP contribution is -2.20. The van der Waals surface area contributed by atoms with Gasteiger partial charge in [-0.25, -0.2) is 13.5 Å². The van der Waals surface area contributed by atoms with Crippen molar-refractivity contribution >= 4 is 0 Å². The normalized spacial score (nSPS) is 12.5. The van der Waals surface area contributed by atoms with E-state index < -0.39 is 37.1 Å². The van der Waals surface area contributed by atoms with Crippen LogP contribution in [0.5, 0.6) is 0 Å². The molecule has 4 nitrogen and oxygen atoms in total. The Bertz CT molecular complexity index is 331. The summed E-state index contributed by atoms with van der Waals surface area (Å²) in [6.07, 6.45) is -7.72. The highest BCUT2D eigenvalue weighted by molar-refractivity contribution is 5.13. The van der Waals surface area contributed by atoms with Crippen molar-refractivity contribution in [3.05, 3.63) is 11.4 Å². The van der Waals surface area contributed by atoms with Crippen LogP contribution in [0.15, 0.2) is 0 Å². The highest BCUT2D eigenvalue weighted by Crippen LogP contribution is 2.31. The highest BCUT2D eigenvalue weighted by Gasteiger charge is 2.39. The third-order valence-electron chi connectivity index (χ3n) is 1.58. The van der Waals surface area contributed by atoms with Gasteiger partial charge in [0.2, 0.25) is 0 Å². The first-order valence-corrected chi connectivity index (χ1v) is 3.84. The summed E-state index contributed by atoms with van der Waals surface area (Å²) in [6.45, 7) is -1.65. The number of nitrogens with two attached hydrogens (primary N) is 1. The van der Waals surface area contributed by atoms with Crippen LogP contribution in [0.2, 0.25) is 0 Å². The van der Waals surface area contributed by atoms with E-state index in [1.807, 2.05) is 0 Å². The van der Waals surface area contributed by atoms with Gasteiger partial charge in [-0.05, 0) is 0 Å². The summed E-state index contributed by atoms with van der Waals surface area (Å²) in [5.41, 5.74) is 3.13. The second-order valence-corrected chi connectivity index (χ2v) is 2.66. The van der Waals surface area contributed by atoms with Crippen LogP contribution in [-0.4, -0.2) is 21.4 Å². The summed E-state index contributed by atoms with van der Waals surface area (Å²) in [5, 5.41) is 6.07. The van der Waals surface area contributed by atoms with Gasteiger partial charge in [0.25, 0.3) is 6.43 Å². The van der Waals surface area contributed by atoms with E-state index in [0.717, 1.165) is 0 Å². The molecule has 9 heteroatoms. The number of aromatic nitrogens is 3. The van der Waals surface area contributed by atoms with Crippen molar-refractivity contribution in [2.24, 2.45) is 5.73 Å². The number of nitrogens with zero attached hydrogens (tertiary/aromatic N) is 3. The molecule has 1 rings (SSSR count). The summed E-state index contributed by atoms with van der Waals surface area (Å²) in [5.74, 6) is 0. The van der Waals surface area contributed by atoms with E-state index in [4.69, 9.17) is 5.73 Å². The summed E-state index contributed by atoms with van der Waals surface area (Å²) in [4.78, 5) is 0. The van der Waals surface area contributed by atoms with Crippen molar-refractivity contribution in [3.63, 3.8) is 0 Å². The molecule has 15 heavy (non-hydrogen) atoms. The molecule has 0 aliphatic carbocycles. The average Bonchev–Trinajstić information content (AvgIpc) is 2.45. The summed E-state index contributed by atoms with van der Waals surface area (Å²) in [6, 6.07) is 0. The zero-order chi connectivity index (χ0) is 11.6. The molecule has 0 amide bonds. The van der Waals surface area contributed by atoms with Crippen molar-refractivity contribution in [2.75, 3.05) is 0 Å². The van der Waals surface area contributed by atoms with Gasteiger partial charge in [-0.15, -0.1) is 5.10 Å². The van der Waals surface area contributed by atoms with Gasteiger partial charge in [0, 0.05) is 6.54 Å². The largest absolute Gasteiger partial charge is 0.434 e. The first kappa shape index (κ1) is 11.8. The molecular formula is C6H7F5N4. The molecule has 0 unspecified atom stereocenters. The Kier molecular flexibility index (Phi) is 3.22. The van der Waals surface area contributed by atoms with Crippen LogP contribution in [0, 0.1) is 0 Å². The second kappa shape index (κ2) is 4.09. The lowest BCUT2D eigenvalue weighted by Gasteiger charge is -2.09. The lowest BCUT2D eigenvalue weighted by atomic mass is 10.3. The molecule has 86 valence electrons. The van der Waals surface area contributed by atoms with E-state index in [2.05, 4.69) is 10.3 Å². The monoisotopic (exact) mass is 230 g/mol. The zero-order valence-corrected chi connectivity index (χ0v) is 7.30. The van der Waals surface area contributed by atoms with E-state index in [1.54, 1.807) is 0 Å². The molecule has 0 aliphatic rings. The van der Waals surface area contributed by atoms with E-state index in [1.165, 1.54) is 0 Å². The van der Waals surface area contributed by atoms with Gasteiger partial charge in [0.05, 0.1) is 0 Å². The van der Waals surface area contributed by atoms with Gasteiger partial charge in [0.1, 0.15) is 12.2 Å². The fourth-order valence-corrected chi connectivity index (χ4v) is 1.05. The van der Waals surface area contributed by atoms with E-state index in [0.29, 0.717) is 0 Å². The fraction of sp³-hybridized carbons (Fsp3) is 0.667. The van der Waals surface area contributed by atoms with Crippen LogP contribution < -0.4 is 5.73 Å². The number of rotatable bonds is 3. The van der Waals surface area contributed by atoms with Gasteiger partial charge in [0.15, 0.2) is 5.69 Å². The number of hydrogen-bond donors (Lipinski definition) is 1. The van der Waals surface area contributed by atoms with Crippen molar-refractivity contribution in [1.29, 1.82) is 0 Å². The highest BCUT2D eigenvalue weighted by atomic mass is 19.4. The Morgan fingerprint density at radius 3 is 2.33 bits per heavy atom. The fourth-order valence-electron chi connectivity index (χ4n) is 1.05. The predicted octanol–water partition coefficient (Wildman–Crippen LogP) is 1.02. The van der Waals surface area contributed by atoms with Crippen molar-refractivity contribution < 1.29 is 22.0 Å². The zero-order valence-electron chi connectivity index (χ0n) is 7.30. The van der Waals surface area contributed by atoms with Crippen LogP contribution in [0.1, 0.15) is 11.4 Å². The standard InChI is InChI=1S/C6H7F5N4/c7-4(8)2-15-5(6(9,10)11)3(1-12)13-14-15/h4H,1-2,12H2. The minimum atomic E-state index is -4.78.